The summed E-state index contributed by atoms with van der Waals surface area (Å²) >= 11 is 1.57. The van der Waals surface area contributed by atoms with Gasteiger partial charge in [0.15, 0.2) is 5.13 Å². The molecule has 0 spiro atoms. The van der Waals surface area contributed by atoms with Gasteiger partial charge in [0.1, 0.15) is 0 Å². The van der Waals surface area contributed by atoms with Gasteiger partial charge in [0.05, 0.1) is 16.5 Å². The van der Waals surface area contributed by atoms with Crippen LogP contribution in [0.15, 0.2) is 91.5 Å². The van der Waals surface area contributed by atoms with E-state index in [1.165, 1.54) is 11.1 Å². The lowest BCUT2D eigenvalue weighted by Crippen LogP contribution is -2.32. The van der Waals surface area contributed by atoms with Crippen LogP contribution in [0.25, 0.3) is 10.2 Å². The fourth-order valence-electron chi connectivity index (χ4n) is 4.06. The predicted octanol–water partition coefficient (Wildman–Crippen LogP) is 6.13. The summed E-state index contributed by atoms with van der Waals surface area (Å²) < 4.78 is 3.13. The first kappa shape index (κ1) is 22.0. The van der Waals surface area contributed by atoms with Gasteiger partial charge >= 0.3 is 0 Å². The lowest BCUT2D eigenvalue weighted by molar-refractivity contribution is 0.0986. The molecule has 0 saturated carbocycles. The van der Waals surface area contributed by atoms with Crippen molar-refractivity contribution in [3.05, 3.63) is 114 Å². The van der Waals surface area contributed by atoms with Crippen molar-refractivity contribution >= 4 is 32.6 Å². The number of hydrogen-bond acceptors (Lipinski definition) is 4. The van der Waals surface area contributed by atoms with Crippen LogP contribution < -0.4 is 4.90 Å². The molecule has 0 aliphatic carbocycles. The number of thiazole rings is 1. The van der Waals surface area contributed by atoms with E-state index in [-0.39, 0.29) is 5.91 Å². The van der Waals surface area contributed by atoms with Gasteiger partial charge in [-0.3, -0.25) is 9.69 Å². The minimum Gasteiger partial charge on any atom is -0.337 e. The van der Waals surface area contributed by atoms with E-state index in [9.17, 15) is 4.79 Å². The average molecular weight is 467 g/mol. The van der Waals surface area contributed by atoms with Crippen molar-refractivity contribution in [1.29, 1.82) is 0 Å². The van der Waals surface area contributed by atoms with Crippen LogP contribution in [0.1, 0.15) is 33.5 Å². The second-order valence-electron chi connectivity index (χ2n) is 8.39. The summed E-state index contributed by atoms with van der Waals surface area (Å²) in [4.78, 5) is 24.4. The van der Waals surface area contributed by atoms with Crippen LogP contribution in [-0.2, 0) is 13.0 Å². The van der Waals surface area contributed by atoms with Gasteiger partial charge in [-0.1, -0.05) is 65.9 Å². The van der Waals surface area contributed by atoms with Gasteiger partial charge in [-0.15, -0.1) is 0 Å². The number of hydrogen-bond donors (Lipinski definition) is 0. The van der Waals surface area contributed by atoms with E-state index >= 15 is 0 Å². The Labute approximate surface area is 203 Å². The van der Waals surface area contributed by atoms with Gasteiger partial charge < -0.3 is 4.57 Å². The van der Waals surface area contributed by atoms with E-state index in [4.69, 9.17) is 4.98 Å². The fourth-order valence-corrected chi connectivity index (χ4v) is 5.12. The first-order valence-electron chi connectivity index (χ1n) is 11.4. The Morgan fingerprint density at radius 3 is 2.50 bits per heavy atom. The maximum atomic E-state index is 13.6. The molecule has 5 aromatic rings. The van der Waals surface area contributed by atoms with E-state index < -0.39 is 0 Å². The molecule has 5 rings (SSSR count). The first-order chi connectivity index (χ1) is 16.7. The van der Waals surface area contributed by atoms with Gasteiger partial charge in [0.2, 0.25) is 0 Å². The largest absolute Gasteiger partial charge is 0.337 e. The number of aryl methyl sites for hydroxylation is 2. The Morgan fingerprint density at radius 2 is 1.76 bits per heavy atom. The molecular weight excluding hydrogens is 440 g/mol. The van der Waals surface area contributed by atoms with Gasteiger partial charge in [0, 0.05) is 31.0 Å². The molecule has 34 heavy (non-hydrogen) atoms. The van der Waals surface area contributed by atoms with Crippen molar-refractivity contribution in [3.8, 4) is 0 Å². The summed E-state index contributed by atoms with van der Waals surface area (Å²) in [5.74, 6) is -0.0198. The number of nitrogens with zero attached hydrogens (tertiary/aromatic N) is 4. The van der Waals surface area contributed by atoms with Crippen LogP contribution in [-0.4, -0.2) is 27.0 Å². The second kappa shape index (κ2) is 10.0. The molecule has 0 aliphatic rings. The molecule has 1 amide bonds. The molecule has 170 valence electrons. The van der Waals surface area contributed by atoms with Crippen LogP contribution >= 0.6 is 11.3 Å². The fraction of sp³-hybridized carbons (Fsp3) is 0.179. The number of para-hydroxylation sites is 1. The molecule has 2 heterocycles. The highest BCUT2D eigenvalue weighted by atomic mass is 32.1. The number of amides is 1. The van der Waals surface area contributed by atoms with E-state index in [1.807, 2.05) is 52.1 Å². The molecule has 0 saturated heterocycles. The lowest BCUT2D eigenvalue weighted by Gasteiger charge is -2.20. The van der Waals surface area contributed by atoms with Crippen LogP contribution in [0.3, 0.4) is 0 Å². The molecule has 0 atom stereocenters. The maximum absolute atomic E-state index is 13.6. The van der Waals surface area contributed by atoms with Gasteiger partial charge in [-0.25, -0.2) is 9.97 Å². The molecule has 0 N–H and O–H groups in total. The summed E-state index contributed by atoms with van der Waals surface area (Å²) in [5, 5.41) is 0.744. The predicted molar refractivity (Wildman–Crippen MR) is 139 cm³/mol. The van der Waals surface area contributed by atoms with E-state index in [0.717, 1.165) is 40.3 Å². The van der Waals surface area contributed by atoms with E-state index in [1.54, 1.807) is 23.9 Å². The molecule has 0 radical (unpaired) electrons. The number of imidazole rings is 1. The topological polar surface area (TPSA) is 51.0 Å². The summed E-state index contributed by atoms with van der Waals surface area (Å²) in [7, 11) is 0. The second-order valence-corrected chi connectivity index (χ2v) is 9.40. The van der Waals surface area contributed by atoms with Gasteiger partial charge in [-0.05, 0) is 54.7 Å². The minimum absolute atomic E-state index is 0.0198. The number of benzene rings is 3. The van der Waals surface area contributed by atoms with Crippen molar-refractivity contribution in [2.75, 3.05) is 11.4 Å². The summed E-state index contributed by atoms with van der Waals surface area (Å²) in [6, 6.07) is 24.5. The zero-order valence-corrected chi connectivity index (χ0v) is 19.9. The van der Waals surface area contributed by atoms with Crippen molar-refractivity contribution in [3.63, 3.8) is 0 Å². The molecule has 0 bridgehead atoms. The summed E-state index contributed by atoms with van der Waals surface area (Å²) in [5.41, 5.74) is 5.21. The van der Waals surface area contributed by atoms with E-state index in [2.05, 4.69) is 48.3 Å². The highest BCUT2D eigenvalue weighted by Crippen LogP contribution is 2.31. The maximum Gasteiger partial charge on any atom is 0.260 e. The van der Waals surface area contributed by atoms with Crippen molar-refractivity contribution in [2.45, 2.75) is 26.3 Å². The smallest absolute Gasteiger partial charge is 0.260 e. The van der Waals surface area contributed by atoms with E-state index in [0.29, 0.717) is 12.1 Å². The molecule has 3 aromatic carbocycles. The third-order valence-corrected chi connectivity index (χ3v) is 6.94. The van der Waals surface area contributed by atoms with Crippen LogP contribution in [0, 0.1) is 6.92 Å². The average Bonchev–Trinajstić information content (AvgIpc) is 3.53. The van der Waals surface area contributed by atoms with Crippen LogP contribution in [0.5, 0.6) is 0 Å². The number of carbonyl (C=O) groups is 1. The SMILES string of the molecule is Cc1cccc2sc(N(CCCn3ccnc3)C(=O)c3ccc(Cc4ccccc4)cc3)nc12. The molecule has 5 nitrogen and oxygen atoms in total. The molecule has 2 aromatic heterocycles. The molecule has 0 aliphatic heterocycles. The zero-order valence-electron chi connectivity index (χ0n) is 19.1. The minimum atomic E-state index is -0.0198. The van der Waals surface area contributed by atoms with Crippen molar-refractivity contribution in [2.24, 2.45) is 0 Å². The summed E-state index contributed by atoms with van der Waals surface area (Å²) in [6.07, 6.45) is 7.18. The third-order valence-electron chi connectivity index (χ3n) is 5.89. The van der Waals surface area contributed by atoms with Gasteiger partial charge in [-0.2, -0.15) is 0 Å². The quantitative estimate of drug-likeness (QED) is 0.276. The Morgan fingerprint density at radius 1 is 0.971 bits per heavy atom. The van der Waals surface area contributed by atoms with Crippen molar-refractivity contribution < 1.29 is 4.79 Å². The monoisotopic (exact) mass is 466 g/mol. The zero-order chi connectivity index (χ0) is 23.3. The number of rotatable bonds is 8. The number of anilines is 1. The lowest BCUT2D eigenvalue weighted by atomic mass is 10.0. The normalized spacial score (nSPS) is 11.1. The standard InChI is InChI=1S/C28H26N4OS/c1-21-7-5-10-25-26(21)30-28(34-25)32(17-6-16-31-18-15-29-20-31)27(33)24-13-11-23(12-14-24)19-22-8-3-2-4-9-22/h2-5,7-15,18,20H,6,16-17,19H2,1H3. The molecular formula is C28H26N4OS. The first-order valence-corrected chi connectivity index (χ1v) is 12.3. The van der Waals surface area contributed by atoms with Crippen molar-refractivity contribution in [1.82, 2.24) is 14.5 Å². The Kier molecular flexibility index (Phi) is 6.49. The number of aromatic nitrogens is 3. The Balaban J connectivity index is 1.39. The van der Waals surface area contributed by atoms with Gasteiger partial charge in [0.25, 0.3) is 5.91 Å². The number of carbonyl (C=O) groups excluding carboxylic acids is 1. The van der Waals surface area contributed by atoms with Crippen LogP contribution in [0.4, 0.5) is 5.13 Å². The molecule has 6 heteroatoms. The van der Waals surface area contributed by atoms with Crippen LogP contribution in [0.2, 0.25) is 0 Å². The third kappa shape index (κ3) is 4.92. The molecule has 0 unspecified atom stereocenters. The summed E-state index contributed by atoms with van der Waals surface area (Å²) in [6.45, 7) is 3.44. The number of fused-ring (bicyclic) bond motifs is 1. The molecule has 0 fully saturated rings. The Bertz CT molecular complexity index is 1380. The highest BCUT2D eigenvalue weighted by molar-refractivity contribution is 7.22. The Hall–Kier alpha value is -3.77. The highest BCUT2D eigenvalue weighted by Gasteiger charge is 2.21.